The Bertz CT molecular complexity index is 655. The average Bonchev–Trinajstić information content (AvgIpc) is 2.51. The van der Waals surface area contributed by atoms with Crippen LogP contribution < -0.4 is 10.6 Å². The van der Waals surface area contributed by atoms with Gasteiger partial charge in [-0.1, -0.05) is 31.0 Å². The minimum Gasteiger partial charge on any atom is -0.384 e. The third-order valence-corrected chi connectivity index (χ3v) is 3.77. The molecule has 4 nitrogen and oxygen atoms in total. The zero-order valence-corrected chi connectivity index (χ0v) is 14.4. The van der Waals surface area contributed by atoms with Gasteiger partial charge in [0.25, 0.3) is 5.91 Å². The van der Waals surface area contributed by atoms with Crippen molar-refractivity contribution >= 4 is 17.3 Å². The largest absolute Gasteiger partial charge is 0.384 e. The summed E-state index contributed by atoms with van der Waals surface area (Å²) in [6.45, 7) is 9.14. The number of anilines is 2. The predicted octanol–water partition coefficient (Wildman–Crippen LogP) is 4.47. The van der Waals surface area contributed by atoms with Gasteiger partial charge >= 0.3 is 0 Å². The number of aromatic nitrogens is 1. The lowest BCUT2D eigenvalue weighted by Gasteiger charge is -2.13. The number of unbranched alkanes of at least 4 members (excludes halogenated alkanes) is 1. The highest BCUT2D eigenvalue weighted by Crippen LogP contribution is 2.22. The molecule has 0 radical (unpaired) electrons. The Labute approximate surface area is 138 Å². The maximum Gasteiger partial charge on any atom is 0.274 e. The zero-order chi connectivity index (χ0) is 16.8. The third kappa shape index (κ3) is 4.55. The molecule has 0 aliphatic carbocycles. The highest BCUT2D eigenvalue weighted by Gasteiger charge is 2.11. The number of nitrogens with zero attached hydrogens (tertiary/aromatic N) is 1. The highest BCUT2D eigenvalue weighted by atomic mass is 16.1. The second-order valence-corrected chi connectivity index (χ2v) is 5.94. The summed E-state index contributed by atoms with van der Waals surface area (Å²) in [6, 6.07) is 7.78. The zero-order valence-electron chi connectivity index (χ0n) is 14.4. The summed E-state index contributed by atoms with van der Waals surface area (Å²) in [5, 5.41) is 6.26. The number of rotatable bonds is 6. The van der Waals surface area contributed by atoms with Crippen molar-refractivity contribution in [2.24, 2.45) is 0 Å². The van der Waals surface area contributed by atoms with E-state index in [2.05, 4.69) is 41.6 Å². The minimum absolute atomic E-state index is 0.180. The first kappa shape index (κ1) is 17.0. The molecule has 0 aliphatic heterocycles. The molecule has 0 saturated carbocycles. The maximum absolute atomic E-state index is 12.4. The van der Waals surface area contributed by atoms with Crippen LogP contribution >= 0.6 is 0 Å². The number of amides is 1. The first-order chi connectivity index (χ1) is 11.0. The lowest BCUT2D eigenvalue weighted by molar-refractivity contribution is 0.102. The molecule has 2 rings (SSSR count). The molecule has 0 saturated heterocycles. The molecule has 0 unspecified atom stereocenters. The molecule has 23 heavy (non-hydrogen) atoms. The predicted molar refractivity (Wildman–Crippen MR) is 96.2 cm³/mol. The van der Waals surface area contributed by atoms with Crippen molar-refractivity contribution in [3.63, 3.8) is 0 Å². The van der Waals surface area contributed by atoms with E-state index in [0.29, 0.717) is 5.69 Å². The standard InChI is InChI=1S/C19H25N3O/c1-5-6-9-20-16-7-8-17(21-12-16)19(23)22-18-14(3)10-13(2)11-15(18)4/h7-8,10-12,20H,5-6,9H2,1-4H3,(H,22,23). The van der Waals surface area contributed by atoms with Crippen molar-refractivity contribution in [2.45, 2.75) is 40.5 Å². The van der Waals surface area contributed by atoms with E-state index >= 15 is 0 Å². The smallest absolute Gasteiger partial charge is 0.274 e. The van der Waals surface area contributed by atoms with Gasteiger partial charge in [-0.2, -0.15) is 0 Å². The first-order valence-corrected chi connectivity index (χ1v) is 8.10. The second-order valence-electron chi connectivity index (χ2n) is 5.94. The van der Waals surface area contributed by atoms with Gasteiger partial charge in [-0.25, -0.2) is 4.98 Å². The van der Waals surface area contributed by atoms with Gasteiger partial charge in [-0.05, 0) is 50.5 Å². The van der Waals surface area contributed by atoms with Gasteiger partial charge in [0.05, 0.1) is 11.9 Å². The van der Waals surface area contributed by atoms with Crippen molar-refractivity contribution < 1.29 is 4.79 Å². The van der Waals surface area contributed by atoms with Crippen LogP contribution in [0.2, 0.25) is 0 Å². The number of hydrogen-bond acceptors (Lipinski definition) is 3. The SMILES string of the molecule is CCCCNc1ccc(C(=O)Nc2c(C)cc(C)cc2C)nc1. The molecule has 0 fully saturated rings. The van der Waals surface area contributed by atoms with Crippen molar-refractivity contribution in [2.75, 3.05) is 17.2 Å². The van der Waals surface area contributed by atoms with E-state index in [1.807, 2.05) is 19.9 Å². The van der Waals surface area contributed by atoms with E-state index in [1.165, 1.54) is 5.56 Å². The number of carbonyl (C=O) groups is 1. The molecule has 0 aliphatic rings. The number of nitrogens with one attached hydrogen (secondary N) is 2. The molecule has 4 heteroatoms. The summed E-state index contributed by atoms with van der Waals surface area (Å²) in [5.41, 5.74) is 5.55. The fourth-order valence-electron chi connectivity index (χ4n) is 2.60. The van der Waals surface area contributed by atoms with Gasteiger partial charge in [-0.3, -0.25) is 4.79 Å². The lowest BCUT2D eigenvalue weighted by atomic mass is 10.0. The molecule has 1 aromatic heterocycles. The van der Waals surface area contributed by atoms with Crippen LogP contribution in [0.1, 0.15) is 46.9 Å². The number of aryl methyl sites for hydroxylation is 3. The van der Waals surface area contributed by atoms with Gasteiger partial charge in [0.1, 0.15) is 5.69 Å². The fourth-order valence-corrected chi connectivity index (χ4v) is 2.60. The van der Waals surface area contributed by atoms with E-state index in [9.17, 15) is 4.79 Å². The van der Waals surface area contributed by atoms with Gasteiger partial charge in [0.2, 0.25) is 0 Å². The van der Waals surface area contributed by atoms with E-state index in [1.54, 1.807) is 12.3 Å². The van der Waals surface area contributed by atoms with E-state index in [0.717, 1.165) is 41.9 Å². The van der Waals surface area contributed by atoms with Gasteiger partial charge in [-0.15, -0.1) is 0 Å². The Morgan fingerprint density at radius 1 is 1.13 bits per heavy atom. The number of hydrogen-bond donors (Lipinski definition) is 2. The summed E-state index contributed by atoms with van der Waals surface area (Å²) in [6.07, 6.45) is 3.98. The Hall–Kier alpha value is -2.36. The summed E-state index contributed by atoms with van der Waals surface area (Å²) >= 11 is 0. The van der Waals surface area contributed by atoms with Crippen LogP contribution in [0.25, 0.3) is 0 Å². The molecule has 1 heterocycles. The Kier molecular flexibility index (Phi) is 5.74. The van der Waals surface area contributed by atoms with Crippen LogP contribution in [-0.4, -0.2) is 17.4 Å². The van der Waals surface area contributed by atoms with Crippen LogP contribution in [0.15, 0.2) is 30.5 Å². The topological polar surface area (TPSA) is 54.0 Å². The van der Waals surface area contributed by atoms with Crippen LogP contribution in [0, 0.1) is 20.8 Å². The number of pyridine rings is 1. The summed E-state index contributed by atoms with van der Waals surface area (Å²) < 4.78 is 0. The normalized spacial score (nSPS) is 10.4. The van der Waals surface area contributed by atoms with E-state index in [-0.39, 0.29) is 5.91 Å². The molecule has 2 aromatic rings. The van der Waals surface area contributed by atoms with Gasteiger partial charge in [0.15, 0.2) is 0 Å². The summed E-state index contributed by atoms with van der Waals surface area (Å²) in [5.74, 6) is -0.180. The molecular formula is C19H25N3O. The summed E-state index contributed by atoms with van der Waals surface area (Å²) in [4.78, 5) is 16.6. The molecule has 2 N–H and O–H groups in total. The van der Waals surface area contributed by atoms with E-state index < -0.39 is 0 Å². The maximum atomic E-state index is 12.4. The number of benzene rings is 1. The molecule has 0 atom stereocenters. The van der Waals surface area contributed by atoms with Crippen molar-refractivity contribution in [1.29, 1.82) is 0 Å². The molecule has 0 bridgehead atoms. The Balaban J connectivity index is 2.06. The van der Waals surface area contributed by atoms with Crippen molar-refractivity contribution in [3.05, 3.63) is 52.8 Å². The highest BCUT2D eigenvalue weighted by molar-refractivity contribution is 6.03. The molecular weight excluding hydrogens is 286 g/mol. The quantitative estimate of drug-likeness (QED) is 0.774. The van der Waals surface area contributed by atoms with Crippen LogP contribution in [-0.2, 0) is 0 Å². The first-order valence-electron chi connectivity index (χ1n) is 8.10. The molecule has 1 amide bonds. The summed E-state index contributed by atoms with van der Waals surface area (Å²) in [7, 11) is 0. The average molecular weight is 311 g/mol. The van der Waals surface area contributed by atoms with Gasteiger partial charge < -0.3 is 10.6 Å². The van der Waals surface area contributed by atoms with Crippen LogP contribution in [0.3, 0.4) is 0 Å². The molecule has 0 spiro atoms. The lowest BCUT2D eigenvalue weighted by Crippen LogP contribution is -2.15. The van der Waals surface area contributed by atoms with Gasteiger partial charge in [0, 0.05) is 12.2 Å². The van der Waals surface area contributed by atoms with Crippen molar-refractivity contribution in [1.82, 2.24) is 4.98 Å². The Morgan fingerprint density at radius 3 is 2.39 bits per heavy atom. The van der Waals surface area contributed by atoms with E-state index in [4.69, 9.17) is 0 Å². The minimum atomic E-state index is -0.180. The third-order valence-electron chi connectivity index (χ3n) is 3.77. The number of carbonyl (C=O) groups excluding carboxylic acids is 1. The Morgan fingerprint density at radius 2 is 1.83 bits per heavy atom. The molecule has 1 aromatic carbocycles. The second kappa shape index (κ2) is 7.77. The molecule has 122 valence electrons. The monoisotopic (exact) mass is 311 g/mol. The van der Waals surface area contributed by atoms with Crippen LogP contribution in [0.4, 0.5) is 11.4 Å². The van der Waals surface area contributed by atoms with Crippen LogP contribution in [0.5, 0.6) is 0 Å². The van der Waals surface area contributed by atoms with Crippen molar-refractivity contribution in [3.8, 4) is 0 Å². The fraction of sp³-hybridized carbons (Fsp3) is 0.368.